The Bertz CT molecular complexity index is 446. The van der Waals surface area contributed by atoms with Gasteiger partial charge in [-0.05, 0) is 23.1 Å². The van der Waals surface area contributed by atoms with Crippen molar-refractivity contribution in [2.45, 2.75) is 40.0 Å². The molecule has 0 heterocycles. The first-order valence-corrected chi connectivity index (χ1v) is 5.32. The van der Waals surface area contributed by atoms with Crippen LogP contribution in [-0.4, -0.2) is 0 Å². The zero-order valence-corrected chi connectivity index (χ0v) is 13.7. The maximum atomic E-state index is 8.44. The number of hydrogen-bond donors (Lipinski definition) is 0. The number of rotatable bonds is 4. The molecule has 17 heavy (non-hydrogen) atoms. The van der Waals surface area contributed by atoms with Crippen molar-refractivity contribution in [3.8, 4) is 0 Å². The van der Waals surface area contributed by atoms with E-state index in [-0.39, 0.29) is 32.7 Å². The fourth-order valence-electron chi connectivity index (χ4n) is 1.68. The molecule has 89 valence electrons. The maximum absolute atomic E-state index is 8.44. The fourth-order valence-corrected chi connectivity index (χ4v) is 1.68. The van der Waals surface area contributed by atoms with Gasteiger partial charge in [0.2, 0.25) is 0 Å². The van der Waals surface area contributed by atoms with Crippen LogP contribution in [0.25, 0.3) is 10.4 Å². The van der Waals surface area contributed by atoms with E-state index >= 15 is 0 Å². The largest absolute Gasteiger partial charge is 0.315 e. The summed E-state index contributed by atoms with van der Waals surface area (Å²) in [5.41, 5.74) is 11.1. The van der Waals surface area contributed by atoms with Gasteiger partial charge < -0.3 is 5.92 Å². The Morgan fingerprint density at radius 3 is 2.59 bits per heavy atom. The van der Waals surface area contributed by atoms with Gasteiger partial charge in [0, 0.05) is 44.7 Å². The molecule has 0 bridgehead atoms. The summed E-state index contributed by atoms with van der Waals surface area (Å²) in [6.45, 7) is 7.83. The summed E-state index contributed by atoms with van der Waals surface area (Å²) < 4.78 is 8.14. The van der Waals surface area contributed by atoms with Crippen LogP contribution in [0.3, 0.4) is 0 Å². The molecule has 0 aliphatic heterocycles. The van der Waals surface area contributed by atoms with Gasteiger partial charge in [0.1, 0.15) is 0 Å². The Balaban J connectivity index is 0.00000289. The van der Waals surface area contributed by atoms with Gasteiger partial charge in [0.05, 0.1) is 0 Å². The van der Waals surface area contributed by atoms with Gasteiger partial charge in [-0.15, -0.1) is 0 Å². The fraction of sp³-hybridized carbons (Fsp3) is 0.462. The SMILES string of the molecule is [3H]C(C)(C)c1cc(N=[N+]=[N-])ccc1C[C-](C)C.[Y]. The van der Waals surface area contributed by atoms with E-state index in [1.165, 1.54) is 5.92 Å². The van der Waals surface area contributed by atoms with Gasteiger partial charge in [-0.3, -0.25) is 0 Å². The van der Waals surface area contributed by atoms with Crippen molar-refractivity contribution >= 4 is 5.69 Å². The minimum Gasteiger partial charge on any atom is -0.315 e. The molecule has 1 aromatic rings. The summed E-state index contributed by atoms with van der Waals surface area (Å²) in [5, 5.41) is 3.59. The Morgan fingerprint density at radius 1 is 1.47 bits per heavy atom. The molecular formula is C13H18N3Y-. The number of hydrogen-bond acceptors (Lipinski definition) is 1. The number of benzene rings is 1. The Kier molecular flexibility index (Phi) is 6.80. The van der Waals surface area contributed by atoms with E-state index in [1.807, 2.05) is 26.0 Å². The molecule has 4 heteroatoms. The van der Waals surface area contributed by atoms with Crippen LogP contribution in [0.4, 0.5) is 5.69 Å². The molecule has 0 atom stereocenters. The van der Waals surface area contributed by atoms with E-state index in [9.17, 15) is 0 Å². The van der Waals surface area contributed by atoms with E-state index < -0.39 is 5.89 Å². The smallest absolute Gasteiger partial charge is 0.0378 e. The second-order valence-corrected chi connectivity index (χ2v) is 4.41. The van der Waals surface area contributed by atoms with Crippen LogP contribution in [0.1, 0.15) is 46.1 Å². The van der Waals surface area contributed by atoms with Gasteiger partial charge in [0.15, 0.2) is 0 Å². The molecule has 1 aromatic carbocycles. The average molecular weight is 307 g/mol. The molecule has 0 aliphatic rings. The van der Waals surface area contributed by atoms with Crippen LogP contribution in [-0.2, 0) is 39.1 Å². The van der Waals surface area contributed by atoms with E-state index in [0.29, 0.717) is 5.69 Å². The van der Waals surface area contributed by atoms with Gasteiger partial charge in [-0.25, -0.2) is 0 Å². The standard InChI is InChI=1S/C13H18N3.Y/c1-9(2)7-11-5-6-12(15-16-14)8-13(11)10(3)4;/h5-6,8,10H,7H2,1-4H3;/q-1;/i10T;. The van der Waals surface area contributed by atoms with Crippen LogP contribution in [0.15, 0.2) is 23.3 Å². The van der Waals surface area contributed by atoms with Crippen LogP contribution < -0.4 is 0 Å². The molecule has 0 saturated heterocycles. The average Bonchev–Trinajstić information content (AvgIpc) is 2.18. The monoisotopic (exact) mass is 307 g/mol. The first kappa shape index (κ1) is 14.7. The Morgan fingerprint density at radius 2 is 2.12 bits per heavy atom. The zero-order chi connectivity index (χ0) is 13.1. The molecule has 1 rings (SSSR count). The predicted molar refractivity (Wildman–Crippen MR) is 67.6 cm³/mol. The summed E-state index contributed by atoms with van der Waals surface area (Å²) in [5.74, 6) is 0.609. The van der Waals surface area contributed by atoms with E-state index in [1.54, 1.807) is 6.07 Å². The summed E-state index contributed by atoms with van der Waals surface area (Å²) >= 11 is 0. The van der Waals surface area contributed by atoms with Gasteiger partial charge in [-0.2, -0.15) is 20.3 Å². The molecule has 0 aliphatic carbocycles. The van der Waals surface area contributed by atoms with E-state index in [0.717, 1.165) is 17.5 Å². The predicted octanol–water partition coefficient (Wildman–Crippen LogP) is 4.91. The van der Waals surface area contributed by atoms with E-state index in [2.05, 4.69) is 23.9 Å². The van der Waals surface area contributed by atoms with Crippen molar-refractivity contribution in [2.75, 3.05) is 0 Å². The normalized spacial score (nSPS) is 11.5. The zero-order valence-electron chi connectivity index (χ0n) is 11.9. The molecule has 3 nitrogen and oxygen atoms in total. The molecule has 0 saturated carbocycles. The third-order valence-electron chi connectivity index (χ3n) is 2.34. The van der Waals surface area contributed by atoms with Crippen molar-refractivity contribution in [1.82, 2.24) is 0 Å². The van der Waals surface area contributed by atoms with Crippen LogP contribution in [0.5, 0.6) is 0 Å². The third-order valence-corrected chi connectivity index (χ3v) is 2.34. The minimum absolute atomic E-state index is 0. The summed E-state index contributed by atoms with van der Waals surface area (Å²) in [4.78, 5) is 2.78. The second-order valence-electron chi connectivity index (χ2n) is 4.41. The van der Waals surface area contributed by atoms with Crippen LogP contribution in [0, 0.1) is 5.92 Å². The minimum atomic E-state index is -0.689. The molecule has 0 amide bonds. The summed E-state index contributed by atoms with van der Waals surface area (Å²) in [6, 6.07) is 5.56. The molecular weight excluding hydrogens is 287 g/mol. The number of azide groups is 1. The number of nitrogens with zero attached hydrogens (tertiary/aromatic N) is 3. The molecule has 0 unspecified atom stereocenters. The maximum Gasteiger partial charge on any atom is 0.0378 e. The topological polar surface area (TPSA) is 48.8 Å². The molecule has 0 spiro atoms. The van der Waals surface area contributed by atoms with Crippen LogP contribution in [0.2, 0.25) is 0 Å². The second kappa shape index (κ2) is 7.86. The van der Waals surface area contributed by atoms with E-state index in [4.69, 9.17) is 6.90 Å². The Labute approximate surface area is 130 Å². The molecule has 0 fully saturated rings. The van der Waals surface area contributed by atoms with Crippen molar-refractivity contribution in [3.05, 3.63) is 45.7 Å². The first-order valence-electron chi connectivity index (χ1n) is 5.82. The van der Waals surface area contributed by atoms with Crippen molar-refractivity contribution in [1.29, 1.82) is 0 Å². The van der Waals surface area contributed by atoms with Crippen molar-refractivity contribution in [3.63, 3.8) is 0 Å². The quantitative estimate of drug-likeness (QED) is 0.328. The molecule has 0 aromatic heterocycles. The van der Waals surface area contributed by atoms with Crippen LogP contribution >= 0.6 is 0 Å². The summed E-state index contributed by atoms with van der Waals surface area (Å²) in [7, 11) is 0. The summed E-state index contributed by atoms with van der Waals surface area (Å²) in [6.07, 6.45) is 0.855. The van der Waals surface area contributed by atoms with Crippen molar-refractivity contribution < 1.29 is 34.1 Å². The van der Waals surface area contributed by atoms with Crippen molar-refractivity contribution in [2.24, 2.45) is 5.11 Å². The van der Waals surface area contributed by atoms with Gasteiger partial charge >= 0.3 is 0 Å². The van der Waals surface area contributed by atoms with Gasteiger partial charge in [-0.1, -0.05) is 36.7 Å². The molecule has 1 radical (unpaired) electrons. The Hall–Kier alpha value is -0.366. The first-order chi connectivity index (χ1) is 7.84. The third kappa shape index (κ3) is 5.20. The van der Waals surface area contributed by atoms with Gasteiger partial charge in [0.25, 0.3) is 0 Å². The molecule has 0 N–H and O–H groups in total.